The van der Waals surface area contributed by atoms with Gasteiger partial charge in [-0.25, -0.2) is 14.8 Å². The summed E-state index contributed by atoms with van der Waals surface area (Å²) in [6.45, 7) is 7.28. The average molecular weight is 621 g/mol. The van der Waals surface area contributed by atoms with Gasteiger partial charge in [-0.05, 0) is 24.7 Å². The molecule has 2 aliphatic heterocycles. The van der Waals surface area contributed by atoms with Gasteiger partial charge in [0.05, 0.1) is 19.6 Å². The number of piperazine rings is 1. The minimum atomic E-state index is -0.723. The van der Waals surface area contributed by atoms with Crippen molar-refractivity contribution in [3.05, 3.63) is 42.1 Å². The molecule has 3 fully saturated rings. The fourth-order valence-corrected chi connectivity index (χ4v) is 6.25. The molecule has 3 amide bonds. The summed E-state index contributed by atoms with van der Waals surface area (Å²) in [5, 5.41) is 2.97. The van der Waals surface area contributed by atoms with Gasteiger partial charge in [0, 0.05) is 50.9 Å². The van der Waals surface area contributed by atoms with Crippen LogP contribution >= 0.6 is 0 Å². The number of nitrogens with one attached hydrogen (secondary N) is 1. The maximum atomic E-state index is 13.8. The molecule has 12 heteroatoms. The Morgan fingerprint density at radius 2 is 1.60 bits per heavy atom. The number of methoxy groups -OCH3 is 1. The molecular weight excluding hydrogens is 576 g/mol. The SMILES string of the molecule is CCCCOC(=O)N1CCN(C(=O)C(CCCC)NC(=O)c2cc(N3C[C@@H]4C(C(=O)OC)[C@@H]4C3)nc(-c3ccccc3)n2)CC1. The number of benzene rings is 1. The van der Waals surface area contributed by atoms with E-state index in [9.17, 15) is 19.2 Å². The summed E-state index contributed by atoms with van der Waals surface area (Å²) in [6, 6.07) is 10.4. The zero-order valence-corrected chi connectivity index (χ0v) is 26.4. The van der Waals surface area contributed by atoms with E-state index in [1.165, 1.54) is 7.11 Å². The fourth-order valence-electron chi connectivity index (χ4n) is 6.25. The Labute approximate surface area is 264 Å². The lowest BCUT2D eigenvalue weighted by molar-refractivity contribution is -0.143. The van der Waals surface area contributed by atoms with Crippen molar-refractivity contribution in [2.45, 2.75) is 52.0 Å². The molecule has 3 aliphatic rings. The van der Waals surface area contributed by atoms with E-state index >= 15 is 0 Å². The van der Waals surface area contributed by atoms with E-state index in [1.807, 2.05) is 44.2 Å². The monoisotopic (exact) mass is 620 g/mol. The van der Waals surface area contributed by atoms with Crippen LogP contribution in [0.1, 0.15) is 56.4 Å². The Morgan fingerprint density at radius 1 is 0.933 bits per heavy atom. The molecule has 2 unspecified atom stereocenters. The van der Waals surface area contributed by atoms with Gasteiger partial charge in [0.2, 0.25) is 5.91 Å². The first-order valence-corrected chi connectivity index (χ1v) is 16.1. The average Bonchev–Trinajstić information content (AvgIpc) is 3.58. The fraction of sp³-hybridized carbons (Fsp3) is 0.576. The van der Waals surface area contributed by atoms with Crippen LogP contribution in [0.3, 0.4) is 0 Å². The predicted molar refractivity (Wildman–Crippen MR) is 167 cm³/mol. The molecule has 0 spiro atoms. The number of amides is 3. The van der Waals surface area contributed by atoms with E-state index in [-0.39, 0.29) is 41.4 Å². The number of hydrogen-bond acceptors (Lipinski definition) is 9. The molecule has 12 nitrogen and oxygen atoms in total. The topological polar surface area (TPSA) is 134 Å². The van der Waals surface area contributed by atoms with Gasteiger partial charge in [-0.2, -0.15) is 0 Å². The number of piperidine rings is 1. The van der Waals surface area contributed by atoms with Gasteiger partial charge in [-0.1, -0.05) is 63.4 Å². The summed E-state index contributed by atoms with van der Waals surface area (Å²) in [7, 11) is 1.42. The maximum Gasteiger partial charge on any atom is 0.409 e. The summed E-state index contributed by atoms with van der Waals surface area (Å²) in [4.78, 5) is 66.7. The van der Waals surface area contributed by atoms with Crippen LogP contribution in [0.4, 0.5) is 10.6 Å². The van der Waals surface area contributed by atoms with Crippen LogP contribution in [0.25, 0.3) is 11.4 Å². The summed E-state index contributed by atoms with van der Waals surface area (Å²) < 4.78 is 10.3. The van der Waals surface area contributed by atoms with E-state index in [2.05, 4.69) is 15.2 Å². The minimum absolute atomic E-state index is 0.0802. The van der Waals surface area contributed by atoms with Crippen LogP contribution in [0.2, 0.25) is 0 Å². The summed E-state index contributed by atoms with van der Waals surface area (Å²) in [5.74, 6) is 0.586. The number of aromatic nitrogens is 2. The van der Waals surface area contributed by atoms with Crippen molar-refractivity contribution in [1.29, 1.82) is 0 Å². The summed E-state index contributed by atoms with van der Waals surface area (Å²) >= 11 is 0. The third-order valence-electron chi connectivity index (χ3n) is 8.99. The highest BCUT2D eigenvalue weighted by Crippen LogP contribution is 2.53. The molecule has 4 atom stereocenters. The van der Waals surface area contributed by atoms with Crippen LogP contribution in [-0.2, 0) is 19.1 Å². The molecule has 0 radical (unpaired) electrons. The molecule has 0 bridgehead atoms. The van der Waals surface area contributed by atoms with Crippen LogP contribution in [0.5, 0.6) is 0 Å². The number of fused-ring (bicyclic) bond motifs is 1. The molecule has 1 aromatic heterocycles. The van der Waals surface area contributed by atoms with E-state index in [0.29, 0.717) is 63.9 Å². The molecular formula is C33H44N6O6. The Kier molecular flexibility index (Phi) is 10.5. The molecule has 2 aromatic rings. The molecule has 2 saturated heterocycles. The Hall–Kier alpha value is -4.22. The van der Waals surface area contributed by atoms with Crippen LogP contribution in [0, 0.1) is 17.8 Å². The Bertz CT molecular complexity index is 1350. The molecule has 45 heavy (non-hydrogen) atoms. The van der Waals surface area contributed by atoms with Crippen molar-refractivity contribution in [3.8, 4) is 11.4 Å². The van der Waals surface area contributed by atoms with Crippen molar-refractivity contribution in [2.75, 3.05) is 57.9 Å². The molecule has 1 saturated carbocycles. The largest absolute Gasteiger partial charge is 0.469 e. The van der Waals surface area contributed by atoms with Gasteiger partial charge >= 0.3 is 12.1 Å². The number of hydrogen-bond donors (Lipinski definition) is 1. The third kappa shape index (κ3) is 7.54. The number of ether oxygens (including phenoxy) is 2. The van der Waals surface area contributed by atoms with E-state index < -0.39 is 11.9 Å². The van der Waals surface area contributed by atoms with E-state index in [0.717, 1.165) is 31.2 Å². The maximum absolute atomic E-state index is 13.8. The first-order chi connectivity index (χ1) is 21.8. The third-order valence-corrected chi connectivity index (χ3v) is 8.99. The Morgan fingerprint density at radius 3 is 2.24 bits per heavy atom. The zero-order valence-electron chi connectivity index (χ0n) is 26.4. The number of carbonyl (C=O) groups excluding carboxylic acids is 4. The molecule has 1 aliphatic carbocycles. The quantitative estimate of drug-likeness (QED) is 0.280. The van der Waals surface area contributed by atoms with Crippen LogP contribution in [-0.4, -0.2) is 103 Å². The predicted octanol–water partition coefficient (Wildman–Crippen LogP) is 3.37. The first kappa shape index (κ1) is 32.2. The van der Waals surface area contributed by atoms with Crippen molar-refractivity contribution in [1.82, 2.24) is 25.1 Å². The van der Waals surface area contributed by atoms with Gasteiger partial charge in [-0.3, -0.25) is 14.4 Å². The highest BCUT2D eigenvalue weighted by Gasteiger charge is 2.60. The second kappa shape index (κ2) is 14.7. The highest BCUT2D eigenvalue weighted by molar-refractivity contribution is 5.97. The number of esters is 1. The van der Waals surface area contributed by atoms with Gasteiger partial charge in [0.15, 0.2) is 5.82 Å². The van der Waals surface area contributed by atoms with Gasteiger partial charge in [0.25, 0.3) is 5.91 Å². The lowest BCUT2D eigenvalue weighted by Gasteiger charge is -2.36. The van der Waals surface area contributed by atoms with E-state index in [4.69, 9.17) is 14.5 Å². The standard InChI is InChI=1S/C33H44N6O6/c1-4-6-13-25(31(41)37-14-16-38(17-15-37)33(43)45-18-7-5-2)35-30(40)26-19-27(36-29(34-26)22-11-9-8-10-12-22)39-20-23-24(21-39)28(23)32(42)44-3/h8-12,19,23-25,28H,4-7,13-18,20-21H2,1-3H3,(H,35,40)/t23-,24+,25?,28?. The lowest BCUT2D eigenvalue weighted by atomic mass is 10.1. The van der Waals surface area contributed by atoms with Crippen LogP contribution in [0.15, 0.2) is 36.4 Å². The molecule has 5 rings (SSSR count). The summed E-state index contributed by atoms with van der Waals surface area (Å²) in [6.07, 6.45) is 3.55. The number of carbonyl (C=O) groups is 4. The normalized spacial score (nSPS) is 21.1. The second-order valence-corrected chi connectivity index (χ2v) is 12.0. The van der Waals surface area contributed by atoms with Crippen molar-refractivity contribution in [3.63, 3.8) is 0 Å². The number of anilines is 1. The molecule has 1 N–H and O–H groups in total. The molecule has 3 heterocycles. The van der Waals surface area contributed by atoms with Gasteiger partial charge in [-0.15, -0.1) is 0 Å². The van der Waals surface area contributed by atoms with Crippen LogP contribution < -0.4 is 10.2 Å². The second-order valence-electron chi connectivity index (χ2n) is 12.0. The van der Waals surface area contributed by atoms with E-state index in [1.54, 1.807) is 15.9 Å². The zero-order chi connectivity index (χ0) is 31.9. The molecule has 1 aromatic carbocycles. The van der Waals surface area contributed by atoms with Crippen molar-refractivity contribution >= 4 is 29.7 Å². The minimum Gasteiger partial charge on any atom is -0.469 e. The number of unbranched alkanes of at least 4 members (excludes halogenated alkanes) is 2. The first-order valence-electron chi connectivity index (χ1n) is 16.1. The number of rotatable bonds is 12. The molecule has 242 valence electrons. The lowest BCUT2D eigenvalue weighted by Crippen LogP contribution is -2.56. The summed E-state index contributed by atoms with van der Waals surface area (Å²) in [5.41, 5.74) is 0.952. The Balaban J connectivity index is 1.29. The highest BCUT2D eigenvalue weighted by atomic mass is 16.6. The number of nitrogens with zero attached hydrogens (tertiary/aromatic N) is 5. The van der Waals surface area contributed by atoms with Gasteiger partial charge < -0.3 is 29.5 Å². The van der Waals surface area contributed by atoms with Gasteiger partial charge in [0.1, 0.15) is 17.6 Å². The van der Waals surface area contributed by atoms with Crippen molar-refractivity contribution in [2.24, 2.45) is 17.8 Å². The smallest absolute Gasteiger partial charge is 0.409 e. The van der Waals surface area contributed by atoms with Crippen molar-refractivity contribution < 1.29 is 28.7 Å².